The van der Waals surface area contributed by atoms with Gasteiger partial charge in [0.05, 0.1) is 20.3 Å². The summed E-state index contributed by atoms with van der Waals surface area (Å²) in [6.07, 6.45) is 2.11. The van der Waals surface area contributed by atoms with Crippen molar-refractivity contribution in [3.63, 3.8) is 0 Å². The molecule has 0 radical (unpaired) electrons. The average Bonchev–Trinajstić information content (AvgIpc) is 2.97. The van der Waals surface area contributed by atoms with E-state index in [4.69, 9.17) is 4.42 Å². The first-order chi connectivity index (χ1) is 8.24. The van der Waals surface area contributed by atoms with Crippen molar-refractivity contribution in [1.82, 2.24) is 4.90 Å². The van der Waals surface area contributed by atoms with Gasteiger partial charge >= 0.3 is 5.97 Å². The van der Waals surface area contributed by atoms with Crippen LogP contribution in [0.15, 0.2) is 16.5 Å². The van der Waals surface area contributed by atoms with Gasteiger partial charge in [0, 0.05) is 6.04 Å². The number of rotatable bonds is 4. The van der Waals surface area contributed by atoms with Crippen LogP contribution in [0.4, 0.5) is 0 Å². The fourth-order valence-electron chi connectivity index (χ4n) is 2.18. The second-order valence-electron chi connectivity index (χ2n) is 4.21. The number of hydrogen-bond acceptors (Lipinski definition) is 5. The van der Waals surface area contributed by atoms with Crippen LogP contribution < -0.4 is 0 Å². The number of nitrogens with zero attached hydrogens (tertiary/aromatic N) is 1. The van der Waals surface area contributed by atoms with E-state index in [0.29, 0.717) is 6.54 Å². The van der Waals surface area contributed by atoms with E-state index >= 15 is 0 Å². The molecule has 0 bridgehead atoms. The summed E-state index contributed by atoms with van der Waals surface area (Å²) >= 11 is 0. The second-order valence-corrected chi connectivity index (χ2v) is 4.21. The molecule has 2 heterocycles. The van der Waals surface area contributed by atoms with Crippen molar-refractivity contribution < 1.29 is 19.1 Å². The average molecular weight is 239 g/mol. The number of methoxy groups -OCH3 is 1. The van der Waals surface area contributed by atoms with Gasteiger partial charge in [-0.1, -0.05) is 0 Å². The molecule has 0 amide bonds. The molecule has 1 aliphatic rings. The highest BCUT2D eigenvalue weighted by atomic mass is 16.5. The van der Waals surface area contributed by atoms with Crippen molar-refractivity contribution in [2.45, 2.75) is 25.4 Å². The Labute approximate surface area is 100.0 Å². The van der Waals surface area contributed by atoms with Crippen molar-refractivity contribution in [2.75, 3.05) is 20.3 Å². The Balaban J connectivity index is 1.99. The predicted octanol–water partition coefficient (Wildman–Crippen LogP) is 1.02. The van der Waals surface area contributed by atoms with Crippen molar-refractivity contribution in [3.8, 4) is 0 Å². The molecule has 17 heavy (non-hydrogen) atoms. The zero-order valence-corrected chi connectivity index (χ0v) is 9.89. The maximum absolute atomic E-state index is 11.2. The molecule has 0 aromatic carbocycles. The smallest absolute Gasteiger partial charge is 0.373 e. The van der Waals surface area contributed by atoms with Crippen molar-refractivity contribution in [2.24, 2.45) is 0 Å². The highest BCUT2D eigenvalue weighted by Gasteiger charge is 2.24. The molecule has 0 saturated carbocycles. The third kappa shape index (κ3) is 2.68. The van der Waals surface area contributed by atoms with E-state index in [0.717, 1.165) is 25.1 Å². The molecule has 1 N–H and O–H groups in total. The molecule has 0 aliphatic carbocycles. The van der Waals surface area contributed by atoms with Gasteiger partial charge in [0.25, 0.3) is 0 Å². The van der Waals surface area contributed by atoms with E-state index in [1.54, 1.807) is 12.1 Å². The molecular weight excluding hydrogens is 222 g/mol. The Bertz CT molecular complexity index is 388. The molecule has 1 fully saturated rings. The highest BCUT2D eigenvalue weighted by molar-refractivity contribution is 5.86. The first-order valence-electron chi connectivity index (χ1n) is 5.76. The minimum Gasteiger partial charge on any atom is -0.463 e. The zero-order chi connectivity index (χ0) is 12.3. The lowest BCUT2D eigenvalue weighted by Gasteiger charge is -2.21. The largest absolute Gasteiger partial charge is 0.463 e. The third-order valence-corrected chi connectivity index (χ3v) is 3.12. The maximum atomic E-state index is 11.2. The Kier molecular flexibility index (Phi) is 3.81. The molecule has 2 rings (SSSR count). The van der Waals surface area contributed by atoms with Crippen LogP contribution in [0.2, 0.25) is 0 Å². The lowest BCUT2D eigenvalue weighted by atomic mass is 10.2. The Hall–Kier alpha value is -1.33. The zero-order valence-electron chi connectivity index (χ0n) is 9.89. The molecule has 0 spiro atoms. The molecule has 5 nitrogen and oxygen atoms in total. The quantitative estimate of drug-likeness (QED) is 0.795. The van der Waals surface area contributed by atoms with Crippen molar-refractivity contribution >= 4 is 5.97 Å². The number of furan rings is 1. The lowest BCUT2D eigenvalue weighted by Crippen LogP contribution is -2.31. The minimum atomic E-state index is -0.462. The molecular formula is C12H17NO4. The van der Waals surface area contributed by atoms with Crippen LogP contribution in [0.25, 0.3) is 0 Å². The number of likely N-dealkylation sites (tertiary alicyclic amines) is 1. The number of esters is 1. The van der Waals surface area contributed by atoms with Crippen LogP contribution in [0.5, 0.6) is 0 Å². The monoisotopic (exact) mass is 239 g/mol. The summed E-state index contributed by atoms with van der Waals surface area (Å²) in [5.41, 5.74) is 0. The van der Waals surface area contributed by atoms with Crippen LogP contribution in [0.3, 0.4) is 0 Å². The summed E-state index contributed by atoms with van der Waals surface area (Å²) in [5, 5.41) is 9.20. The fourth-order valence-corrected chi connectivity index (χ4v) is 2.18. The van der Waals surface area contributed by atoms with Gasteiger partial charge in [0.1, 0.15) is 5.76 Å². The van der Waals surface area contributed by atoms with Gasteiger partial charge in [-0.15, -0.1) is 0 Å². The number of carbonyl (C=O) groups is 1. The van der Waals surface area contributed by atoms with Gasteiger partial charge in [-0.25, -0.2) is 4.79 Å². The van der Waals surface area contributed by atoms with Crippen molar-refractivity contribution in [1.29, 1.82) is 0 Å². The second kappa shape index (κ2) is 5.33. The van der Waals surface area contributed by atoms with Crippen LogP contribution in [0, 0.1) is 0 Å². The Morgan fingerprint density at radius 2 is 2.47 bits per heavy atom. The number of hydrogen-bond donors (Lipinski definition) is 1. The van der Waals surface area contributed by atoms with Crippen LogP contribution in [0.1, 0.15) is 29.2 Å². The summed E-state index contributed by atoms with van der Waals surface area (Å²) < 4.78 is 9.97. The first kappa shape index (κ1) is 12.1. The molecule has 0 unspecified atom stereocenters. The predicted molar refractivity (Wildman–Crippen MR) is 60.6 cm³/mol. The summed E-state index contributed by atoms with van der Waals surface area (Å²) in [5.74, 6) is 0.490. The summed E-state index contributed by atoms with van der Waals surface area (Å²) in [6, 6.07) is 3.60. The van der Waals surface area contributed by atoms with Crippen LogP contribution >= 0.6 is 0 Å². The normalized spacial score (nSPS) is 20.7. The maximum Gasteiger partial charge on any atom is 0.373 e. The topological polar surface area (TPSA) is 62.9 Å². The van der Waals surface area contributed by atoms with Gasteiger partial charge in [-0.3, -0.25) is 4.90 Å². The van der Waals surface area contributed by atoms with Gasteiger partial charge in [0.2, 0.25) is 5.76 Å². The summed E-state index contributed by atoms with van der Waals surface area (Å²) in [4.78, 5) is 13.4. The standard InChI is InChI=1S/C12H17NO4/c1-16-12(15)11-5-4-10(17-11)7-13-6-2-3-9(13)8-14/h4-5,9,14H,2-3,6-8H2,1H3/t9-/m1/s1. The lowest BCUT2D eigenvalue weighted by molar-refractivity contribution is 0.0560. The molecule has 1 atom stereocenters. The summed E-state index contributed by atoms with van der Waals surface area (Å²) in [7, 11) is 1.33. The molecule has 1 saturated heterocycles. The molecule has 1 aromatic heterocycles. The molecule has 94 valence electrons. The van der Waals surface area contributed by atoms with E-state index in [9.17, 15) is 9.90 Å². The van der Waals surface area contributed by atoms with Crippen molar-refractivity contribution in [3.05, 3.63) is 23.7 Å². The molecule has 5 heteroatoms. The Morgan fingerprint density at radius 1 is 1.65 bits per heavy atom. The van der Waals surface area contributed by atoms with E-state index in [-0.39, 0.29) is 18.4 Å². The molecule has 1 aliphatic heterocycles. The number of ether oxygens (including phenoxy) is 1. The van der Waals surface area contributed by atoms with E-state index in [1.165, 1.54) is 7.11 Å². The highest BCUT2D eigenvalue weighted by Crippen LogP contribution is 2.20. The number of aliphatic hydroxyl groups excluding tert-OH is 1. The first-order valence-corrected chi connectivity index (χ1v) is 5.76. The molecule has 1 aromatic rings. The van der Waals surface area contributed by atoms with Crippen LogP contribution in [-0.2, 0) is 11.3 Å². The fraction of sp³-hybridized carbons (Fsp3) is 0.583. The van der Waals surface area contributed by atoms with Crippen LogP contribution in [-0.4, -0.2) is 42.3 Å². The van der Waals surface area contributed by atoms with E-state index in [1.807, 2.05) is 0 Å². The Morgan fingerprint density at radius 3 is 3.18 bits per heavy atom. The SMILES string of the molecule is COC(=O)c1ccc(CN2CCC[C@@H]2CO)o1. The number of carbonyl (C=O) groups excluding carboxylic acids is 1. The van der Waals surface area contributed by atoms with Gasteiger partial charge < -0.3 is 14.3 Å². The number of aliphatic hydroxyl groups is 1. The van der Waals surface area contributed by atoms with Gasteiger partial charge in [0.15, 0.2) is 0 Å². The van der Waals surface area contributed by atoms with E-state index < -0.39 is 5.97 Å². The third-order valence-electron chi connectivity index (χ3n) is 3.12. The van der Waals surface area contributed by atoms with Gasteiger partial charge in [-0.05, 0) is 31.5 Å². The minimum absolute atomic E-state index is 0.171. The van der Waals surface area contributed by atoms with Gasteiger partial charge in [-0.2, -0.15) is 0 Å². The van der Waals surface area contributed by atoms with E-state index in [2.05, 4.69) is 9.64 Å². The summed E-state index contributed by atoms with van der Waals surface area (Å²) in [6.45, 7) is 1.76.